The molecule has 0 saturated heterocycles. The van der Waals surface area contributed by atoms with Crippen molar-refractivity contribution in [2.75, 3.05) is 12.4 Å². The zero-order chi connectivity index (χ0) is 32.2. The Morgan fingerprint density at radius 2 is 1.73 bits per heavy atom. The summed E-state index contributed by atoms with van der Waals surface area (Å²) in [6.45, 7) is 5.38. The summed E-state index contributed by atoms with van der Waals surface area (Å²) < 4.78 is 34.5. The van der Waals surface area contributed by atoms with Crippen molar-refractivity contribution in [1.82, 2.24) is 15.4 Å². The molecule has 2 aromatic rings. The molecule has 1 aliphatic carbocycles. The van der Waals surface area contributed by atoms with Crippen molar-refractivity contribution in [3.05, 3.63) is 95.6 Å². The fourth-order valence-corrected chi connectivity index (χ4v) is 5.97. The number of benzene rings is 2. The van der Waals surface area contributed by atoms with Gasteiger partial charge in [0.25, 0.3) is 0 Å². The largest absolute Gasteiger partial charge is 0.409 e. The van der Waals surface area contributed by atoms with E-state index in [9.17, 15) is 18.0 Å². The lowest BCUT2D eigenvalue weighted by Gasteiger charge is -2.27. The Morgan fingerprint density at radius 3 is 2.34 bits per heavy atom. The lowest BCUT2D eigenvalue weighted by molar-refractivity contribution is -0.131. The maximum atomic E-state index is 13.6. The first-order valence-electron chi connectivity index (χ1n) is 14.5. The van der Waals surface area contributed by atoms with Gasteiger partial charge in [0, 0.05) is 12.1 Å². The monoisotopic (exact) mass is 625 g/mol. The van der Waals surface area contributed by atoms with Gasteiger partial charge in [-0.15, -0.1) is 0 Å². The molecule has 11 nitrogen and oxygen atoms in total. The molecule has 0 radical (unpaired) electrons. The average molecular weight is 626 g/mol. The van der Waals surface area contributed by atoms with Gasteiger partial charge in [0.15, 0.2) is 5.84 Å². The molecule has 0 fully saturated rings. The summed E-state index contributed by atoms with van der Waals surface area (Å²) in [6, 6.07) is 14.1. The lowest BCUT2D eigenvalue weighted by atomic mass is 10.0. The molecular weight excluding hydrogens is 582 g/mol. The van der Waals surface area contributed by atoms with Crippen LogP contribution in [0.2, 0.25) is 0 Å². The second kappa shape index (κ2) is 16.2. The van der Waals surface area contributed by atoms with Crippen LogP contribution in [-0.4, -0.2) is 61.3 Å². The van der Waals surface area contributed by atoms with Crippen molar-refractivity contribution in [2.45, 2.75) is 64.3 Å². The molecule has 0 heterocycles. The number of carbonyl (C=O) groups is 2. The maximum absolute atomic E-state index is 13.6. The SMILES string of the molecule is CC(C)(C)OCC(NS(=O)(=O)CC1C=CC=CC1)C(=O)N[C@@H](CCc1ccccc1)C(=O)NCc1ccc(/C(N)=N/O)cc1. The van der Waals surface area contributed by atoms with E-state index in [-0.39, 0.29) is 37.1 Å². The van der Waals surface area contributed by atoms with Crippen LogP contribution < -0.4 is 21.1 Å². The Labute approximate surface area is 259 Å². The van der Waals surface area contributed by atoms with Gasteiger partial charge in [-0.1, -0.05) is 84.1 Å². The molecule has 2 unspecified atom stereocenters. The Bertz CT molecular complexity index is 1430. The van der Waals surface area contributed by atoms with Gasteiger partial charge in [-0.25, -0.2) is 13.1 Å². The third kappa shape index (κ3) is 11.9. The number of nitrogens with one attached hydrogen (secondary N) is 3. The highest BCUT2D eigenvalue weighted by atomic mass is 32.2. The molecule has 0 aliphatic heterocycles. The molecule has 3 rings (SSSR count). The number of nitrogens with two attached hydrogens (primary N) is 1. The number of aryl methyl sites for hydroxylation is 1. The quantitative estimate of drug-likeness (QED) is 0.0876. The van der Waals surface area contributed by atoms with Gasteiger partial charge in [-0.2, -0.15) is 0 Å². The van der Waals surface area contributed by atoms with Crippen LogP contribution >= 0.6 is 0 Å². The minimum absolute atomic E-state index is 0.0306. The van der Waals surface area contributed by atoms with E-state index in [2.05, 4.69) is 20.5 Å². The molecule has 0 saturated carbocycles. The van der Waals surface area contributed by atoms with Crippen molar-refractivity contribution in [3.63, 3.8) is 0 Å². The molecule has 2 aromatic carbocycles. The summed E-state index contributed by atoms with van der Waals surface area (Å²) in [7, 11) is -3.87. The van der Waals surface area contributed by atoms with Crippen LogP contribution in [0, 0.1) is 5.92 Å². The topological polar surface area (TPSA) is 172 Å². The summed E-state index contributed by atoms with van der Waals surface area (Å²) in [5.74, 6) is -1.51. The number of ether oxygens (including phenoxy) is 1. The minimum Gasteiger partial charge on any atom is -0.409 e. The lowest BCUT2D eigenvalue weighted by Crippen LogP contribution is -2.56. The number of amidine groups is 1. The van der Waals surface area contributed by atoms with Crippen molar-refractivity contribution in [1.29, 1.82) is 0 Å². The molecule has 1 aliphatic rings. The summed E-state index contributed by atoms with van der Waals surface area (Å²) in [5, 5.41) is 17.5. The normalized spacial score (nSPS) is 16.7. The fraction of sp³-hybridized carbons (Fsp3) is 0.406. The zero-order valence-electron chi connectivity index (χ0n) is 25.4. The summed E-state index contributed by atoms with van der Waals surface area (Å²) >= 11 is 0. The first kappa shape index (κ1) is 34.5. The molecule has 2 amide bonds. The highest BCUT2D eigenvalue weighted by Gasteiger charge is 2.31. The molecular formula is C32H43N5O6S. The molecule has 3 atom stereocenters. The predicted molar refractivity (Wildman–Crippen MR) is 170 cm³/mol. The van der Waals surface area contributed by atoms with E-state index >= 15 is 0 Å². The van der Waals surface area contributed by atoms with Crippen molar-refractivity contribution in [2.24, 2.45) is 16.8 Å². The van der Waals surface area contributed by atoms with Crippen LogP contribution in [0.15, 0.2) is 84.1 Å². The molecule has 0 aromatic heterocycles. The van der Waals surface area contributed by atoms with Gasteiger partial charge in [-0.05, 0) is 57.1 Å². The van der Waals surface area contributed by atoms with E-state index < -0.39 is 39.5 Å². The fourth-order valence-electron chi connectivity index (χ4n) is 4.46. The van der Waals surface area contributed by atoms with Crippen LogP contribution in [0.3, 0.4) is 0 Å². The summed E-state index contributed by atoms with van der Waals surface area (Å²) in [4.78, 5) is 27.0. The van der Waals surface area contributed by atoms with Gasteiger partial charge in [0.2, 0.25) is 21.8 Å². The highest BCUT2D eigenvalue weighted by Crippen LogP contribution is 2.15. The van der Waals surface area contributed by atoms with Crippen LogP contribution in [0.25, 0.3) is 0 Å². The highest BCUT2D eigenvalue weighted by molar-refractivity contribution is 7.89. The predicted octanol–water partition coefficient (Wildman–Crippen LogP) is 2.75. The number of nitrogens with zero attached hydrogens (tertiary/aromatic N) is 1. The van der Waals surface area contributed by atoms with E-state index in [0.717, 1.165) is 11.1 Å². The van der Waals surface area contributed by atoms with E-state index in [0.29, 0.717) is 18.4 Å². The van der Waals surface area contributed by atoms with E-state index in [1.165, 1.54) is 0 Å². The molecule has 6 N–H and O–H groups in total. The van der Waals surface area contributed by atoms with Crippen molar-refractivity contribution >= 4 is 27.7 Å². The number of carbonyl (C=O) groups excluding carboxylic acids is 2. The van der Waals surface area contributed by atoms with Gasteiger partial charge < -0.3 is 26.3 Å². The second-order valence-electron chi connectivity index (χ2n) is 11.7. The number of allylic oxidation sites excluding steroid dienone is 4. The van der Waals surface area contributed by atoms with Crippen molar-refractivity contribution < 1.29 is 28.0 Å². The van der Waals surface area contributed by atoms with Crippen LogP contribution in [-0.2, 0) is 37.3 Å². The van der Waals surface area contributed by atoms with Gasteiger partial charge in [0.1, 0.15) is 12.1 Å². The van der Waals surface area contributed by atoms with Gasteiger partial charge in [-0.3, -0.25) is 9.59 Å². The van der Waals surface area contributed by atoms with Gasteiger partial charge >= 0.3 is 0 Å². The number of amides is 2. The molecule has 0 bridgehead atoms. The summed E-state index contributed by atoms with van der Waals surface area (Å²) in [6.07, 6.45) is 8.76. The van der Waals surface area contributed by atoms with Crippen LogP contribution in [0.1, 0.15) is 50.3 Å². The standard InChI is InChI=1S/C32H43N5O6S/c1-32(2,3)43-21-28(37-44(41,42)22-25-12-8-5-9-13-25)31(39)35-27(19-16-23-10-6-4-7-11-23)30(38)34-20-24-14-17-26(18-15-24)29(33)36-40/h4-12,14-15,17-18,25,27-28,37,40H,13,16,19-22H2,1-3H3,(H2,33,36)(H,34,38)(H,35,39)/t25?,27-,28?/m0/s1. The number of oxime groups is 1. The first-order chi connectivity index (χ1) is 20.8. The van der Waals surface area contributed by atoms with E-state index in [1.807, 2.05) is 69.3 Å². The number of hydrogen-bond donors (Lipinski definition) is 5. The Hall–Kier alpha value is -4.00. The number of sulfonamides is 1. The third-order valence-electron chi connectivity index (χ3n) is 6.85. The Morgan fingerprint density at radius 1 is 1.02 bits per heavy atom. The molecule has 0 spiro atoms. The van der Waals surface area contributed by atoms with Crippen LogP contribution in [0.5, 0.6) is 0 Å². The van der Waals surface area contributed by atoms with Gasteiger partial charge in [0.05, 0.1) is 18.0 Å². The average Bonchev–Trinajstić information content (AvgIpc) is 3.00. The van der Waals surface area contributed by atoms with Crippen LogP contribution in [0.4, 0.5) is 0 Å². The summed E-state index contributed by atoms with van der Waals surface area (Å²) in [5.41, 5.74) is 7.26. The Balaban J connectivity index is 1.74. The number of hydrogen-bond acceptors (Lipinski definition) is 7. The minimum atomic E-state index is -3.87. The first-order valence-corrected chi connectivity index (χ1v) is 16.2. The van der Waals surface area contributed by atoms with E-state index in [1.54, 1.807) is 30.3 Å². The number of rotatable bonds is 15. The second-order valence-corrected chi connectivity index (χ2v) is 13.5. The zero-order valence-corrected chi connectivity index (χ0v) is 26.2. The molecule has 44 heavy (non-hydrogen) atoms. The Kier molecular flexibility index (Phi) is 12.7. The van der Waals surface area contributed by atoms with E-state index in [4.69, 9.17) is 15.7 Å². The third-order valence-corrected chi connectivity index (χ3v) is 8.36. The molecule has 12 heteroatoms. The molecule has 238 valence electrons. The maximum Gasteiger partial charge on any atom is 0.242 e. The smallest absolute Gasteiger partial charge is 0.242 e. The van der Waals surface area contributed by atoms with Crippen molar-refractivity contribution in [3.8, 4) is 0 Å².